The molecule has 1 rings (SSSR count). The van der Waals surface area contributed by atoms with Gasteiger partial charge in [0.25, 0.3) is 0 Å². The number of hydrogen-bond donors (Lipinski definition) is 2. The molecule has 0 heterocycles. The van der Waals surface area contributed by atoms with E-state index < -0.39 is 15.8 Å². The van der Waals surface area contributed by atoms with E-state index >= 15 is 0 Å². The van der Waals surface area contributed by atoms with Crippen LogP contribution < -0.4 is 10.0 Å². The highest BCUT2D eigenvalue weighted by Crippen LogP contribution is 2.17. The Morgan fingerprint density at radius 2 is 2.00 bits per heavy atom. The monoisotopic (exact) mass is 302 g/mol. The summed E-state index contributed by atoms with van der Waals surface area (Å²) in [4.78, 5) is -0.285. The number of halogens is 1. The van der Waals surface area contributed by atoms with Gasteiger partial charge in [-0.1, -0.05) is 26.3 Å². The van der Waals surface area contributed by atoms with Gasteiger partial charge in [0.2, 0.25) is 10.0 Å². The van der Waals surface area contributed by atoms with E-state index in [2.05, 4.69) is 10.0 Å². The average molecular weight is 302 g/mol. The third kappa shape index (κ3) is 4.54. The maximum absolute atomic E-state index is 14.0. The van der Waals surface area contributed by atoms with Gasteiger partial charge in [-0.2, -0.15) is 0 Å². The van der Waals surface area contributed by atoms with Crippen molar-refractivity contribution < 1.29 is 12.8 Å². The maximum atomic E-state index is 14.0. The molecule has 0 aliphatic rings. The predicted octanol–water partition coefficient (Wildman–Crippen LogP) is 2.40. The molecule has 0 aromatic heterocycles. The van der Waals surface area contributed by atoms with Crippen molar-refractivity contribution in [2.45, 2.75) is 50.6 Å². The molecular weight excluding hydrogens is 279 g/mol. The normalized spacial score (nSPS) is 13.4. The van der Waals surface area contributed by atoms with E-state index in [4.69, 9.17) is 0 Å². The Morgan fingerprint density at radius 1 is 1.30 bits per heavy atom. The van der Waals surface area contributed by atoms with E-state index in [0.717, 1.165) is 12.8 Å². The van der Waals surface area contributed by atoms with E-state index in [1.165, 1.54) is 12.1 Å². The second-order valence-electron chi connectivity index (χ2n) is 4.81. The van der Waals surface area contributed by atoms with Gasteiger partial charge in [0.1, 0.15) is 10.7 Å². The van der Waals surface area contributed by atoms with Gasteiger partial charge in [0.05, 0.1) is 0 Å². The van der Waals surface area contributed by atoms with Crippen molar-refractivity contribution in [3.8, 4) is 0 Å². The number of benzene rings is 1. The Balaban J connectivity index is 2.97. The van der Waals surface area contributed by atoms with Gasteiger partial charge >= 0.3 is 0 Å². The van der Waals surface area contributed by atoms with Gasteiger partial charge < -0.3 is 5.32 Å². The minimum atomic E-state index is -3.80. The highest BCUT2D eigenvalue weighted by Gasteiger charge is 2.22. The zero-order chi connectivity index (χ0) is 15.2. The molecule has 0 saturated heterocycles. The summed E-state index contributed by atoms with van der Waals surface area (Å²) >= 11 is 0. The molecule has 20 heavy (non-hydrogen) atoms. The van der Waals surface area contributed by atoms with Crippen LogP contribution in [0.4, 0.5) is 4.39 Å². The Bertz CT molecular complexity index is 532. The first-order valence-corrected chi connectivity index (χ1v) is 8.38. The van der Waals surface area contributed by atoms with Crippen molar-refractivity contribution >= 4 is 10.0 Å². The lowest BCUT2D eigenvalue weighted by Crippen LogP contribution is -2.34. The van der Waals surface area contributed by atoms with Crippen LogP contribution in [0.1, 0.15) is 38.7 Å². The third-order valence-electron chi connectivity index (χ3n) is 3.12. The number of sulfonamides is 1. The first-order chi connectivity index (χ1) is 9.44. The lowest BCUT2D eigenvalue weighted by atomic mass is 10.1. The zero-order valence-electron chi connectivity index (χ0n) is 12.2. The molecule has 0 radical (unpaired) electrons. The minimum absolute atomic E-state index is 0.151. The Labute approximate surface area is 120 Å². The molecule has 0 spiro atoms. The van der Waals surface area contributed by atoms with Crippen LogP contribution in [-0.2, 0) is 16.6 Å². The van der Waals surface area contributed by atoms with E-state index in [9.17, 15) is 12.8 Å². The molecule has 0 aliphatic carbocycles. The van der Waals surface area contributed by atoms with E-state index in [0.29, 0.717) is 18.5 Å². The Kier molecular flexibility index (Phi) is 6.58. The van der Waals surface area contributed by atoms with E-state index in [1.807, 2.05) is 13.8 Å². The summed E-state index contributed by atoms with van der Waals surface area (Å²) in [6.07, 6.45) is 2.31. The van der Waals surface area contributed by atoms with Crippen molar-refractivity contribution in [2.24, 2.45) is 0 Å². The lowest BCUT2D eigenvalue weighted by Gasteiger charge is -2.16. The highest BCUT2D eigenvalue weighted by molar-refractivity contribution is 7.89. The van der Waals surface area contributed by atoms with Gasteiger partial charge in [-0.25, -0.2) is 17.5 Å². The first-order valence-electron chi connectivity index (χ1n) is 6.90. The van der Waals surface area contributed by atoms with Crippen molar-refractivity contribution in [3.63, 3.8) is 0 Å². The molecule has 0 fully saturated rings. The smallest absolute Gasteiger partial charge is 0.243 e. The average Bonchev–Trinajstić information content (AvgIpc) is 2.38. The van der Waals surface area contributed by atoms with E-state index in [-0.39, 0.29) is 10.9 Å². The van der Waals surface area contributed by atoms with Crippen LogP contribution in [0.3, 0.4) is 0 Å². The van der Waals surface area contributed by atoms with Crippen LogP contribution in [-0.4, -0.2) is 21.5 Å². The lowest BCUT2D eigenvalue weighted by molar-refractivity contribution is 0.505. The maximum Gasteiger partial charge on any atom is 0.243 e. The van der Waals surface area contributed by atoms with Crippen LogP contribution in [0.2, 0.25) is 0 Å². The minimum Gasteiger partial charge on any atom is -0.316 e. The Hall–Kier alpha value is -0.980. The number of hydrogen-bond acceptors (Lipinski definition) is 3. The largest absolute Gasteiger partial charge is 0.316 e. The topological polar surface area (TPSA) is 58.2 Å². The van der Waals surface area contributed by atoms with Crippen LogP contribution in [0.5, 0.6) is 0 Å². The quantitative estimate of drug-likeness (QED) is 0.775. The molecule has 0 saturated carbocycles. The summed E-state index contributed by atoms with van der Waals surface area (Å²) in [5.74, 6) is -0.711. The fraction of sp³-hybridized carbons (Fsp3) is 0.571. The third-order valence-corrected chi connectivity index (χ3v) is 4.67. The fourth-order valence-electron chi connectivity index (χ4n) is 2.05. The molecule has 1 unspecified atom stereocenters. The fourth-order valence-corrected chi connectivity index (χ4v) is 3.47. The van der Waals surface area contributed by atoms with Crippen molar-refractivity contribution in [1.82, 2.24) is 10.0 Å². The molecule has 1 aromatic rings. The summed E-state index contributed by atoms with van der Waals surface area (Å²) < 4.78 is 40.9. The van der Waals surface area contributed by atoms with Crippen LogP contribution in [0, 0.1) is 5.82 Å². The second kappa shape index (κ2) is 7.71. The standard InChI is InChI=1S/C14H23FN2O2S/c1-4-6-12(5-2)17-20(18,19)14-8-7-11(10-16-3)9-13(14)15/h7-9,12,16-17H,4-6,10H2,1-3H3. The van der Waals surface area contributed by atoms with Crippen molar-refractivity contribution in [3.05, 3.63) is 29.6 Å². The summed E-state index contributed by atoms with van der Waals surface area (Å²) in [7, 11) is -2.05. The molecule has 6 heteroatoms. The molecule has 0 amide bonds. The molecule has 0 bridgehead atoms. The van der Waals surface area contributed by atoms with Gasteiger partial charge in [0, 0.05) is 12.6 Å². The predicted molar refractivity (Wildman–Crippen MR) is 78.5 cm³/mol. The molecule has 4 nitrogen and oxygen atoms in total. The summed E-state index contributed by atoms with van der Waals surface area (Å²) in [5.41, 5.74) is 0.713. The zero-order valence-corrected chi connectivity index (χ0v) is 13.1. The molecular formula is C14H23FN2O2S. The van der Waals surface area contributed by atoms with Crippen molar-refractivity contribution in [1.29, 1.82) is 0 Å². The van der Waals surface area contributed by atoms with Gasteiger partial charge in [-0.05, 0) is 37.6 Å². The summed E-state index contributed by atoms with van der Waals surface area (Å²) in [6, 6.07) is 4.05. The van der Waals surface area contributed by atoms with Gasteiger partial charge in [-0.3, -0.25) is 0 Å². The SMILES string of the molecule is CCCC(CC)NS(=O)(=O)c1ccc(CNC)cc1F. The molecule has 2 N–H and O–H groups in total. The first kappa shape index (κ1) is 17.1. The van der Waals surface area contributed by atoms with Crippen LogP contribution in [0.25, 0.3) is 0 Å². The Morgan fingerprint density at radius 3 is 2.50 bits per heavy atom. The van der Waals surface area contributed by atoms with Crippen LogP contribution in [0.15, 0.2) is 23.1 Å². The number of rotatable bonds is 8. The summed E-state index contributed by atoms with van der Waals surface area (Å²) in [6.45, 7) is 4.40. The molecule has 1 atom stereocenters. The molecule has 1 aromatic carbocycles. The summed E-state index contributed by atoms with van der Waals surface area (Å²) in [5, 5.41) is 2.90. The molecule has 0 aliphatic heterocycles. The van der Waals surface area contributed by atoms with Gasteiger partial charge in [0.15, 0.2) is 0 Å². The van der Waals surface area contributed by atoms with E-state index in [1.54, 1.807) is 13.1 Å². The molecule has 114 valence electrons. The van der Waals surface area contributed by atoms with Crippen molar-refractivity contribution in [2.75, 3.05) is 7.05 Å². The van der Waals surface area contributed by atoms with Crippen LogP contribution >= 0.6 is 0 Å². The number of nitrogens with one attached hydrogen (secondary N) is 2. The van der Waals surface area contributed by atoms with Gasteiger partial charge in [-0.15, -0.1) is 0 Å². The highest BCUT2D eigenvalue weighted by atomic mass is 32.2. The second-order valence-corrected chi connectivity index (χ2v) is 6.49.